The van der Waals surface area contributed by atoms with Crippen LogP contribution >= 0.6 is 0 Å². The highest BCUT2D eigenvalue weighted by atomic mass is 16.6. The van der Waals surface area contributed by atoms with Gasteiger partial charge in [0.25, 0.3) is 11.4 Å². The summed E-state index contributed by atoms with van der Waals surface area (Å²) in [5, 5.41) is 31.6. The molecule has 1 unspecified atom stereocenters. The van der Waals surface area contributed by atoms with Gasteiger partial charge < -0.3 is 15.6 Å². The second-order valence-electron chi connectivity index (χ2n) is 6.91. The summed E-state index contributed by atoms with van der Waals surface area (Å²) < 4.78 is 0. The van der Waals surface area contributed by atoms with Gasteiger partial charge in [-0.1, -0.05) is 11.6 Å². The number of anilines is 2. The highest BCUT2D eigenvalue weighted by Crippen LogP contribution is 2.37. The molecule has 3 aromatic rings. The Balaban J connectivity index is 1.98. The molecule has 3 rings (SSSR count). The first kappa shape index (κ1) is 21.4. The van der Waals surface area contributed by atoms with Crippen LogP contribution in [0.5, 0.6) is 0 Å². The molecule has 0 bridgehead atoms. The van der Waals surface area contributed by atoms with Gasteiger partial charge in [-0.15, -0.1) is 4.91 Å². The highest BCUT2D eigenvalue weighted by molar-refractivity contribution is 5.93. The van der Waals surface area contributed by atoms with E-state index in [1.807, 2.05) is 25.1 Å². The number of aryl methyl sites for hydroxylation is 1. The van der Waals surface area contributed by atoms with Crippen LogP contribution in [-0.2, 0) is 11.2 Å². The monoisotopic (exact) mass is 426 g/mol. The zero-order chi connectivity index (χ0) is 22.7. The third-order valence-corrected chi connectivity index (χ3v) is 4.60. The van der Waals surface area contributed by atoms with Crippen LogP contribution in [0.3, 0.4) is 0 Å². The van der Waals surface area contributed by atoms with Crippen molar-refractivity contribution in [1.82, 2.24) is 4.98 Å². The number of benzene rings is 2. The molecule has 1 aromatic heterocycles. The van der Waals surface area contributed by atoms with Gasteiger partial charge in [0.15, 0.2) is 6.17 Å². The van der Waals surface area contributed by atoms with E-state index in [9.17, 15) is 29.9 Å². The zero-order valence-corrected chi connectivity index (χ0v) is 16.5. The molecule has 0 aliphatic heterocycles. The Bertz CT molecular complexity index is 1200. The number of H-pyrrole nitrogens is 1. The molecule has 2 aromatic carbocycles. The van der Waals surface area contributed by atoms with Crippen LogP contribution in [0, 0.1) is 32.1 Å². The first-order chi connectivity index (χ1) is 14.7. The van der Waals surface area contributed by atoms with E-state index in [1.54, 1.807) is 6.20 Å². The molecule has 1 heterocycles. The molecule has 160 valence electrons. The fourth-order valence-corrected chi connectivity index (χ4v) is 3.25. The summed E-state index contributed by atoms with van der Waals surface area (Å²) in [4.78, 5) is 47.1. The predicted molar refractivity (Wildman–Crippen MR) is 114 cm³/mol. The van der Waals surface area contributed by atoms with E-state index >= 15 is 0 Å². The first-order valence-electron chi connectivity index (χ1n) is 9.09. The van der Waals surface area contributed by atoms with Crippen molar-refractivity contribution >= 4 is 39.6 Å². The van der Waals surface area contributed by atoms with Crippen molar-refractivity contribution in [2.75, 3.05) is 10.6 Å². The molecule has 0 radical (unpaired) electrons. The van der Waals surface area contributed by atoms with Crippen molar-refractivity contribution in [3.8, 4) is 0 Å². The fraction of sp³-hybridized carbons (Fsp3) is 0.211. The van der Waals surface area contributed by atoms with E-state index in [4.69, 9.17) is 0 Å². The van der Waals surface area contributed by atoms with E-state index in [0.29, 0.717) is 0 Å². The molecule has 0 fully saturated rings. The van der Waals surface area contributed by atoms with Crippen LogP contribution in [0.1, 0.15) is 18.1 Å². The lowest BCUT2D eigenvalue weighted by Gasteiger charge is -2.14. The molecule has 0 aliphatic carbocycles. The number of rotatable bonds is 8. The topological polar surface area (TPSA) is 173 Å². The molecule has 12 heteroatoms. The summed E-state index contributed by atoms with van der Waals surface area (Å²) in [6.07, 6.45) is 0.720. The number of nitroso groups, excluding NO2 is 1. The van der Waals surface area contributed by atoms with E-state index in [0.717, 1.165) is 41.1 Å². The summed E-state index contributed by atoms with van der Waals surface area (Å²) in [7, 11) is 0. The minimum Gasteiger partial charge on any atom is -0.361 e. The van der Waals surface area contributed by atoms with E-state index in [1.165, 1.54) is 0 Å². The van der Waals surface area contributed by atoms with E-state index in [2.05, 4.69) is 20.8 Å². The summed E-state index contributed by atoms with van der Waals surface area (Å²) in [6.45, 7) is 3.07. The largest absolute Gasteiger partial charge is 0.361 e. The molecule has 1 atom stereocenters. The van der Waals surface area contributed by atoms with Gasteiger partial charge in [-0.25, -0.2) is 0 Å². The number of carbonyl (C=O) groups is 1. The highest BCUT2D eigenvalue weighted by Gasteiger charge is 2.27. The minimum atomic E-state index is -1.11. The molecular weight excluding hydrogens is 408 g/mol. The molecule has 3 N–H and O–H groups in total. The fourth-order valence-electron chi connectivity index (χ4n) is 3.25. The van der Waals surface area contributed by atoms with Crippen LogP contribution < -0.4 is 10.6 Å². The van der Waals surface area contributed by atoms with Crippen molar-refractivity contribution in [3.63, 3.8) is 0 Å². The number of hydrogen-bond acceptors (Lipinski definition) is 8. The number of fused-ring (bicyclic) bond motifs is 1. The second kappa shape index (κ2) is 8.57. The van der Waals surface area contributed by atoms with Gasteiger partial charge in [-0.3, -0.25) is 25.0 Å². The minimum absolute atomic E-state index is 0.108. The average Bonchev–Trinajstić information content (AvgIpc) is 3.08. The summed E-state index contributed by atoms with van der Waals surface area (Å²) in [6, 6.07) is 7.54. The lowest BCUT2D eigenvalue weighted by Crippen LogP contribution is -2.20. The Morgan fingerprint density at radius 1 is 1.13 bits per heavy atom. The lowest BCUT2D eigenvalue weighted by molar-refractivity contribution is -0.393. The number of aromatic nitrogens is 1. The second-order valence-corrected chi connectivity index (χ2v) is 6.91. The van der Waals surface area contributed by atoms with Crippen LogP contribution in [0.25, 0.3) is 10.9 Å². The molecule has 0 spiro atoms. The SMILES string of the molecule is CC(=O)Nc1cc(NC(Cc2c[nH]c3ccc(C)cc23)N=O)c([N+](=O)[O-])cc1[N+](=O)[O-]. The summed E-state index contributed by atoms with van der Waals surface area (Å²) in [5.41, 5.74) is 0.960. The lowest BCUT2D eigenvalue weighted by atomic mass is 10.1. The van der Waals surface area contributed by atoms with Gasteiger partial charge >= 0.3 is 0 Å². The third-order valence-electron chi connectivity index (χ3n) is 4.60. The molecule has 0 saturated carbocycles. The summed E-state index contributed by atoms with van der Waals surface area (Å²) >= 11 is 0. The molecule has 1 amide bonds. The Morgan fingerprint density at radius 2 is 1.81 bits per heavy atom. The number of aromatic amines is 1. The van der Waals surface area contributed by atoms with Crippen LogP contribution in [0.2, 0.25) is 0 Å². The Hall–Kier alpha value is -4.35. The van der Waals surface area contributed by atoms with Crippen molar-refractivity contribution in [2.24, 2.45) is 5.18 Å². The van der Waals surface area contributed by atoms with Crippen molar-refractivity contribution in [2.45, 2.75) is 26.4 Å². The molecule has 12 nitrogen and oxygen atoms in total. The van der Waals surface area contributed by atoms with Gasteiger partial charge in [0.2, 0.25) is 5.91 Å². The van der Waals surface area contributed by atoms with Gasteiger partial charge in [0.1, 0.15) is 11.4 Å². The maximum Gasteiger partial charge on any atom is 0.299 e. The Labute approximate surface area is 174 Å². The van der Waals surface area contributed by atoms with Crippen molar-refractivity contribution in [3.05, 3.63) is 72.8 Å². The van der Waals surface area contributed by atoms with Crippen molar-refractivity contribution in [1.29, 1.82) is 0 Å². The average molecular weight is 426 g/mol. The van der Waals surface area contributed by atoms with Gasteiger partial charge in [0.05, 0.1) is 15.9 Å². The van der Waals surface area contributed by atoms with E-state index < -0.39 is 33.3 Å². The van der Waals surface area contributed by atoms with Gasteiger partial charge in [0, 0.05) is 30.4 Å². The number of nitrogens with zero attached hydrogens (tertiary/aromatic N) is 3. The van der Waals surface area contributed by atoms with Crippen LogP contribution in [-0.4, -0.2) is 26.9 Å². The van der Waals surface area contributed by atoms with Gasteiger partial charge in [-0.2, -0.15) is 0 Å². The number of hydrogen-bond donors (Lipinski definition) is 3. The van der Waals surface area contributed by atoms with E-state index in [-0.39, 0.29) is 17.8 Å². The normalized spacial score (nSPS) is 11.7. The number of nitrogens with one attached hydrogen (secondary N) is 3. The smallest absolute Gasteiger partial charge is 0.299 e. The summed E-state index contributed by atoms with van der Waals surface area (Å²) in [5.74, 6) is -0.595. The Kier molecular flexibility index (Phi) is 5.90. The van der Waals surface area contributed by atoms with Crippen LogP contribution in [0.4, 0.5) is 22.7 Å². The maximum atomic E-state index is 11.5. The molecule has 0 aliphatic rings. The zero-order valence-electron chi connectivity index (χ0n) is 16.5. The number of nitro benzene ring substituents is 2. The first-order valence-corrected chi connectivity index (χ1v) is 9.09. The maximum absolute atomic E-state index is 11.5. The predicted octanol–water partition coefficient (Wildman–Crippen LogP) is 4.00. The molecule has 31 heavy (non-hydrogen) atoms. The molecule has 0 saturated heterocycles. The Morgan fingerprint density at radius 3 is 2.42 bits per heavy atom. The third kappa shape index (κ3) is 4.63. The van der Waals surface area contributed by atoms with Crippen LogP contribution in [0.15, 0.2) is 41.7 Å². The number of carbonyl (C=O) groups excluding carboxylic acids is 1. The molecular formula is C19H18N6O6. The quantitative estimate of drug-likeness (QED) is 0.277. The standard InChI is InChI=1S/C19H18N6O6/c1-10-3-4-14-13(5-10)12(9-20-14)6-19(23-27)22-16-7-15(21-11(2)26)17(24(28)29)8-18(16)25(30)31/h3-5,7-9,19-20,22H,6H2,1-2H3,(H,21,26). The number of amides is 1. The number of nitro groups is 2. The van der Waals surface area contributed by atoms with Crippen molar-refractivity contribution < 1.29 is 14.6 Å². The van der Waals surface area contributed by atoms with Gasteiger partial charge in [-0.05, 0) is 35.9 Å².